The maximum absolute atomic E-state index is 12.3. The molecule has 3 N–H and O–H groups in total. The predicted molar refractivity (Wildman–Crippen MR) is 96.5 cm³/mol. The number of hydrogen-bond donors (Lipinski definition) is 3. The molecule has 0 aliphatic rings. The second-order valence-electron chi connectivity index (χ2n) is 6.08. The third kappa shape index (κ3) is 7.76. The Morgan fingerprint density at radius 2 is 1.67 bits per heavy atom. The Kier molecular flexibility index (Phi) is 8.77. The zero-order valence-corrected chi connectivity index (χ0v) is 15.8. The van der Waals surface area contributed by atoms with E-state index < -0.39 is 36.1 Å². The average Bonchev–Trinajstić information content (AvgIpc) is 2.64. The molecule has 0 unspecified atom stereocenters. The van der Waals surface area contributed by atoms with Crippen LogP contribution in [0.3, 0.4) is 0 Å². The molecular weight excluding hydrogens is 354 g/mol. The molecule has 0 aromatic heterocycles. The lowest BCUT2D eigenvalue weighted by Gasteiger charge is -2.22. The standard InChI is InChI=1S/C18H25N3O6/c1-11(2)14(16(23)27-12(3)15(22)21-17(24)19-4)20-18(25)26-10-13-8-6-5-7-9-13/h5-9,11-12,14H,10H2,1-4H3,(H,20,25)(H2,19,21,22,24)/t12-,14+/m1/s1. The number of imide groups is 1. The molecule has 9 heteroatoms. The van der Waals surface area contributed by atoms with Gasteiger partial charge in [0.15, 0.2) is 6.10 Å². The Bertz CT molecular complexity index is 662. The summed E-state index contributed by atoms with van der Waals surface area (Å²) in [5, 5.41) is 6.65. The first-order valence-electron chi connectivity index (χ1n) is 8.44. The quantitative estimate of drug-likeness (QED) is 0.614. The van der Waals surface area contributed by atoms with E-state index in [0.29, 0.717) is 0 Å². The number of esters is 1. The maximum atomic E-state index is 12.3. The first kappa shape index (κ1) is 21.9. The molecule has 9 nitrogen and oxygen atoms in total. The second-order valence-corrected chi connectivity index (χ2v) is 6.08. The topological polar surface area (TPSA) is 123 Å². The molecule has 1 rings (SSSR count). The number of rotatable bonds is 7. The zero-order valence-electron chi connectivity index (χ0n) is 15.8. The van der Waals surface area contributed by atoms with Crippen LogP contribution in [0.1, 0.15) is 26.3 Å². The number of amides is 4. The largest absolute Gasteiger partial charge is 0.451 e. The third-order valence-electron chi connectivity index (χ3n) is 3.53. The van der Waals surface area contributed by atoms with E-state index in [9.17, 15) is 19.2 Å². The van der Waals surface area contributed by atoms with Gasteiger partial charge in [-0.15, -0.1) is 0 Å². The van der Waals surface area contributed by atoms with E-state index >= 15 is 0 Å². The predicted octanol–water partition coefficient (Wildman–Crippen LogP) is 1.32. The summed E-state index contributed by atoms with van der Waals surface area (Å²) in [5.74, 6) is -1.89. The fourth-order valence-electron chi connectivity index (χ4n) is 1.97. The molecular formula is C18H25N3O6. The molecule has 27 heavy (non-hydrogen) atoms. The Morgan fingerprint density at radius 1 is 1.04 bits per heavy atom. The van der Waals surface area contributed by atoms with Gasteiger partial charge < -0.3 is 20.1 Å². The van der Waals surface area contributed by atoms with Crippen LogP contribution in [0.4, 0.5) is 9.59 Å². The molecule has 0 saturated carbocycles. The van der Waals surface area contributed by atoms with Crippen molar-refractivity contribution >= 4 is 24.0 Å². The fourth-order valence-corrected chi connectivity index (χ4v) is 1.97. The van der Waals surface area contributed by atoms with E-state index in [0.717, 1.165) is 5.56 Å². The summed E-state index contributed by atoms with van der Waals surface area (Å²) in [7, 11) is 1.35. The molecule has 148 valence electrons. The number of carbonyl (C=O) groups is 4. The van der Waals surface area contributed by atoms with Crippen LogP contribution in [0.25, 0.3) is 0 Å². The van der Waals surface area contributed by atoms with Gasteiger partial charge in [-0.05, 0) is 18.4 Å². The minimum absolute atomic E-state index is 0.0530. The van der Waals surface area contributed by atoms with Crippen molar-refractivity contribution in [2.24, 2.45) is 5.92 Å². The summed E-state index contributed by atoms with van der Waals surface area (Å²) in [6.07, 6.45) is -1.99. The number of hydrogen-bond acceptors (Lipinski definition) is 6. The van der Waals surface area contributed by atoms with Crippen molar-refractivity contribution in [2.75, 3.05) is 7.05 Å². The molecule has 0 fully saturated rings. The maximum Gasteiger partial charge on any atom is 0.408 e. The van der Waals surface area contributed by atoms with Gasteiger partial charge in [-0.2, -0.15) is 0 Å². The fraction of sp³-hybridized carbons (Fsp3) is 0.444. The SMILES string of the molecule is CNC(=O)NC(=O)[C@@H](C)OC(=O)[C@@H](NC(=O)OCc1ccccc1)C(C)C. The van der Waals surface area contributed by atoms with Crippen molar-refractivity contribution in [1.82, 2.24) is 16.0 Å². The Labute approximate surface area is 157 Å². The normalized spacial score (nSPS) is 12.5. The van der Waals surface area contributed by atoms with E-state index in [1.165, 1.54) is 14.0 Å². The van der Waals surface area contributed by atoms with Crippen LogP contribution in [0.15, 0.2) is 30.3 Å². The van der Waals surface area contributed by atoms with Crippen molar-refractivity contribution in [1.29, 1.82) is 0 Å². The van der Waals surface area contributed by atoms with Gasteiger partial charge in [0.1, 0.15) is 12.6 Å². The molecule has 2 atom stereocenters. The minimum atomic E-state index is -1.21. The molecule has 4 amide bonds. The van der Waals surface area contributed by atoms with Crippen LogP contribution in [0.5, 0.6) is 0 Å². The van der Waals surface area contributed by atoms with Gasteiger partial charge in [0.2, 0.25) is 0 Å². The van der Waals surface area contributed by atoms with Crippen LogP contribution in [-0.2, 0) is 25.7 Å². The number of carbonyl (C=O) groups excluding carboxylic acids is 4. The highest BCUT2D eigenvalue weighted by atomic mass is 16.6. The summed E-state index contributed by atoms with van der Waals surface area (Å²) in [5.41, 5.74) is 0.802. The summed E-state index contributed by atoms with van der Waals surface area (Å²) in [6.45, 7) is 4.79. The number of nitrogens with one attached hydrogen (secondary N) is 3. The lowest BCUT2D eigenvalue weighted by molar-refractivity contribution is -0.157. The minimum Gasteiger partial charge on any atom is -0.451 e. The Balaban J connectivity index is 2.58. The van der Waals surface area contributed by atoms with E-state index in [2.05, 4.69) is 10.6 Å². The Morgan fingerprint density at radius 3 is 2.22 bits per heavy atom. The van der Waals surface area contributed by atoms with E-state index in [1.54, 1.807) is 26.0 Å². The van der Waals surface area contributed by atoms with Crippen LogP contribution in [-0.4, -0.2) is 43.2 Å². The third-order valence-corrected chi connectivity index (χ3v) is 3.53. The highest BCUT2D eigenvalue weighted by Crippen LogP contribution is 2.08. The van der Waals surface area contributed by atoms with Gasteiger partial charge in [0, 0.05) is 7.05 Å². The highest BCUT2D eigenvalue weighted by molar-refractivity contribution is 5.97. The Hall–Kier alpha value is -3.10. The van der Waals surface area contributed by atoms with Gasteiger partial charge in [-0.3, -0.25) is 10.1 Å². The van der Waals surface area contributed by atoms with Crippen molar-refractivity contribution in [3.05, 3.63) is 35.9 Å². The summed E-state index contributed by atoms with van der Waals surface area (Å²) >= 11 is 0. The van der Waals surface area contributed by atoms with Gasteiger partial charge >= 0.3 is 18.1 Å². The molecule has 1 aromatic rings. The number of alkyl carbamates (subject to hydrolysis) is 1. The van der Waals surface area contributed by atoms with Gasteiger partial charge in [0.25, 0.3) is 5.91 Å². The van der Waals surface area contributed by atoms with Crippen molar-refractivity contribution in [3.8, 4) is 0 Å². The monoisotopic (exact) mass is 379 g/mol. The highest BCUT2D eigenvalue weighted by Gasteiger charge is 2.29. The summed E-state index contributed by atoms with van der Waals surface area (Å²) in [6, 6.07) is 7.35. The lowest BCUT2D eigenvalue weighted by atomic mass is 10.1. The van der Waals surface area contributed by atoms with E-state index in [1.807, 2.05) is 23.5 Å². The van der Waals surface area contributed by atoms with E-state index in [-0.39, 0.29) is 12.5 Å². The zero-order chi connectivity index (χ0) is 20.4. The number of ether oxygens (including phenoxy) is 2. The van der Waals surface area contributed by atoms with Crippen LogP contribution >= 0.6 is 0 Å². The van der Waals surface area contributed by atoms with Crippen molar-refractivity contribution < 1.29 is 28.7 Å². The van der Waals surface area contributed by atoms with Crippen LogP contribution < -0.4 is 16.0 Å². The van der Waals surface area contributed by atoms with Crippen molar-refractivity contribution in [2.45, 2.75) is 39.5 Å². The average molecular weight is 379 g/mol. The molecule has 0 aliphatic heterocycles. The van der Waals surface area contributed by atoms with Gasteiger partial charge in [-0.1, -0.05) is 44.2 Å². The van der Waals surface area contributed by atoms with Crippen LogP contribution in [0.2, 0.25) is 0 Å². The number of benzene rings is 1. The molecule has 0 spiro atoms. The van der Waals surface area contributed by atoms with E-state index in [4.69, 9.17) is 9.47 Å². The molecule has 0 heterocycles. The van der Waals surface area contributed by atoms with Gasteiger partial charge in [-0.25, -0.2) is 14.4 Å². The summed E-state index contributed by atoms with van der Waals surface area (Å²) in [4.78, 5) is 47.2. The van der Waals surface area contributed by atoms with Gasteiger partial charge in [0.05, 0.1) is 0 Å². The first-order valence-corrected chi connectivity index (χ1v) is 8.44. The molecule has 1 aromatic carbocycles. The lowest BCUT2D eigenvalue weighted by Crippen LogP contribution is -2.49. The molecule has 0 aliphatic carbocycles. The smallest absolute Gasteiger partial charge is 0.408 e. The second kappa shape index (κ2) is 10.8. The summed E-state index contributed by atoms with van der Waals surface area (Å²) < 4.78 is 10.1. The molecule has 0 saturated heterocycles. The first-order chi connectivity index (χ1) is 12.7. The number of urea groups is 1. The molecule has 0 radical (unpaired) electrons. The van der Waals surface area contributed by atoms with Crippen molar-refractivity contribution in [3.63, 3.8) is 0 Å². The van der Waals surface area contributed by atoms with Crippen LogP contribution in [0, 0.1) is 5.92 Å². The molecule has 0 bridgehead atoms.